The van der Waals surface area contributed by atoms with E-state index in [1.807, 2.05) is 4.90 Å². The number of piperazine rings is 1. The Morgan fingerprint density at radius 2 is 1.96 bits per heavy atom. The number of hydrogen-bond donors (Lipinski definition) is 3. The third kappa shape index (κ3) is 2.71. The molecule has 0 unspecified atom stereocenters. The standard InChI is InChI=1S/C14H16N6O4/c1-2-3-4-20-9-10(15-12(22)17-11(9)21)16-13(20)18-5-7-19(8-6-18)14(23)24/h4-8H2,1H3,(H,23,24)(H2,15,17,21,22). The predicted octanol–water partition coefficient (Wildman–Crippen LogP) is -0.764. The average molecular weight is 332 g/mol. The lowest BCUT2D eigenvalue weighted by Crippen LogP contribution is -2.49. The summed E-state index contributed by atoms with van der Waals surface area (Å²) in [5, 5.41) is 9.03. The number of fused-ring (bicyclic) bond motifs is 1. The Morgan fingerprint density at radius 1 is 1.25 bits per heavy atom. The van der Waals surface area contributed by atoms with Crippen molar-refractivity contribution in [2.24, 2.45) is 0 Å². The minimum atomic E-state index is -0.958. The van der Waals surface area contributed by atoms with E-state index in [1.54, 1.807) is 11.5 Å². The van der Waals surface area contributed by atoms with Gasteiger partial charge in [0.05, 0.1) is 6.54 Å². The Kier molecular flexibility index (Phi) is 3.99. The number of hydrogen-bond acceptors (Lipinski definition) is 5. The normalized spacial score (nSPS) is 14.5. The van der Waals surface area contributed by atoms with Crippen molar-refractivity contribution in [1.29, 1.82) is 0 Å². The minimum Gasteiger partial charge on any atom is -0.465 e. The first-order valence-corrected chi connectivity index (χ1v) is 7.36. The van der Waals surface area contributed by atoms with Crippen LogP contribution in [0.1, 0.15) is 6.92 Å². The summed E-state index contributed by atoms with van der Waals surface area (Å²) in [5.74, 6) is 6.15. The van der Waals surface area contributed by atoms with Crippen LogP contribution in [0.2, 0.25) is 0 Å². The second kappa shape index (κ2) is 6.11. The summed E-state index contributed by atoms with van der Waals surface area (Å²) in [7, 11) is 0. The predicted molar refractivity (Wildman–Crippen MR) is 86.2 cm³/mol. The molecule has 0 aliphatic carbocycles. The second-order valence-corrected chi connectivity index (χ2v) is 5.29. The Bertz CT molecular complexity index is 952. The number of carbonyl (C=O) groups is 1. The van der Waals surface area contributed by atoms with Gasteiger partial charge in [-0.1, -0.05) is 5.92 Å². The Labute approximate surface area is 135 Å². The quantitative estimate of drug-likeness (QED) is 0.620. The van der Waals surface area contributed by atoms with Gasteiger partial charge >= 0.3 is 11.8 Å². The maximum atomic E-state index is 12.1. The Hall–Kier alpha value is -3.22. The molecular weight excluding hydrogens is 316 g/mol. The van der Waals surface area contributed by atoms with Crippen LogP contribution in [0.25, 0.3) is 11.2 Å². The third-order valence-electron chi connectivity index (χ3n) is 3.87. The van der Waals surface area contributed by atoms with Gasteiger partial charge < -0.3 is 14.9 Å². The van der Waals surface area contributed by atoms with Crippen LogP contribution in [0.15, 0.2) is 9.59 Å². The molecular formula is C14H16N6O4. The molecule has 1 fully saturated rings. The van der Waals surface area contributed by atoms with Gasteiger partial charge in [-0.25, -0.2) is 9.59 Å². The van der Waals surface area contributed by atoms with Gasteiger partial charge in [0.25, 0.3) is 5.56 Å². The molecule has 24 heavy (non-hydrogen) atoms. The summed E-state index contributed by atoms with van der Waals surface area (Å²) in [5.41, 5.74) is -0.721. The zero-order valence-electron chi connectivity index (χ0n) is 13.0. The van der Waals surface area contributed by atoms with E-state index in [2.05, 4.69) is 26.8 Å². The molecule has 1 aliphatic rings. The Morgan fingerprint density at radius 3 is 2.58 bits per heavy atom. The lowest BCUT2D eigenvalue weighted by molar-refractivity contribution is 0.142. The number of aromatic nitrogens is 4. The fourth-order valence-electron chi connectivity index (χ4n) is 2.71. The van der Waals surface area contributed by atoms with E-state index in [1.165, 1.54) is 4.90 Å². The number of nitrogens with one attached hydrogen (secondary N) is 2. The van der Waals surface area contributed by atoms with Gasteiger partial charge in [-0.15, -0.1) is 5.92 Å². The molecule has 0 bridgehead atoms. The molecule has 3 rings (SSSR count). The van der Waals surface area contributed by atoms with Crippen molar-refractivity contribution in [3.63, 3.8) is 0 Å². The molecule has 1 saturated heterocycles. The summed E-state index contributed by atoms with van der Waals surface area (Å²) in [6.07, 6.45) is -0.958. The van der Waals surface area contributed by atoms with Gasteiger partial charge in [0.15, 0.2) is 11.2 Å². The van der Waals surface area contributed by atoms with Crippen molar-refractivity contribution in [3.8, 4) is 11.8 Å². The van der Waals surface area contributed by atoms with Gasteiger partial charge in [-0.2, -0.15) is 4.98 Å². The van der Waals surface area contributed by atoms with E-state index in [4.69, 9.17) is 5.11 Å². The molecule has 3 N–H and O–H groups in total. The van der Waals surface area contributed by atoms with Crippen LogP contribution in [-0.4, -0.2) is 61.8 Å². The number of H-pyrrole nitrogens is 2. The van der Waals surface area contributed by atoms with Crippen LogP contribution < -0.4 is 16.1 Å². The van der Waals surface area contributed by atoms with E-state index in [0.717, 1.165) is 0 Å². The molecule has 126 valence electrons. The molecule has 1 amide bonds. The smallest absolute Gasteiger partial charge is 0.407 e. The van der Waals surface area contributed by atoms with Crippen molar-refractivity contribution < 1.29 is 9.90 Å². The summed E-state index contributed by atoms with van der Waals surface area (Å²) < 4.78 is 1.64. The van der Waals surface area contributed by atoms with Crippen molar-refractivity contribution in [2.45, 2.75) is 13.5 Å². The molecule has 0 saturated carbocycles. The van der Waals surface area contributed by atoms with Gasteiger partial charge in [-0.3, -0.25) is 19.3 Å². The third-order valence-corrected chi connectivity index (χ3v) is 3.87. The van der Waals surface area contributed by atoms with E-state index in [-0.39, 0.29) is 17.7 Å². The summed E-state index contributed by atoms with van der Waals surface area (Å²) >= 11 is 0. The number of nitrogens with zero attached hydrogens (tertiary/aromatic N) is 4. The highest BCUT2D eigenvalue weighted by Gasteiger charge is 2.25. The highest BCUT2D eigenvalue weighted by molar-refractivity contribution is 5.74. The van der Waals surface area contributed by atoms with E-state index < -0.39 is 17.3 Å². The zero-order valence-corrected chi connectivity index (χ0v) is 13.0. The summed E-state index contributed by atoms with van der Waals surface area (Å²) in [6.45, 7) is 3.50. The van der Waals surface area contributed by atoms with Crippen LogP contribution in [0.5, 0.6) is 0 Å². The number of anilines is 1. The number of aromatic amines is 2. The molecule has 0 aromatic carbocycles. The molecule has 2 aromatic heterocycles. The molecule has 1 aliphatic heterocycles. The SMILES string of the molecule is CC#CCn1c(N2CCN(C(=O)O)CC2)nc2[nH]c(=O)[nH]c(=O)c21. The van der Waals surface area contributed by atoms with E-state index >= 15 is 0 Å². The van der Waals surface area contributed by atoms with Gasteiger partial charge in [0.2, 0.25) is 5.95 Å². The highest BCUT2D eigenvalue weighted by atomic mass is 16.4. The number of imidazole rings is 1. The van der Waals surface area contributed by atoms with Gasteiger partial charge in [0, 0.05) is 26.2 Å². The molecule has 0 atom stereocenters. The molecule has 10 nitrogen and oxygen atoms in total. The molecule has 0 radical (unpaired) electrons. The van der Waals surface area contributed by atoms with Gasteiger partial charge in [-0.05, 0) is 6.92 Å². The van der Waals surface area contributed by atoms with Crippen LogP contribution in [0.4, 0.5) is 10.7 Å². The van der Waals surface area contributed by atoms with E-state index in [0.29, 0.717) is 32.1 Å². The largest absolute Gasteiger partial charge is 0.465 e. The van der Waals surface area contributed by atoms with Crippen LogP contribution >= 0.6 is 0 Å². The fourth-order valence-corrected chi connectivity index (χ4v) is 2.71. The molecule has 3 heterocycles. The second-order valence-electron chi connectivity index (χ2n) is 5.29. The highest BCUT2D eigenvalue weighted by Crippen LogP contribution is 2.19. The summed E-state index contributed by atoms with van der Waals surface area (Å²) in [6, 6.07) is 0. The van der Waals surface area contributed by atoms with Crippen molar-refractivity contribution in [3.05, 3.63) is 20.8 Å². The topological polar surface area (TPSA) is 127 Å². The lowest BCUT2D eigenvalue weighted by Gasteiger charge is -2.33. The van der Waals surface area contributed by atoms with Crippen LogP contribution in [0.3, 0.4) is 0 Å². The van der Waals surface area contributed by atoms with Crippen molar-refractivity contribution >= 4 is 23.2 Å². The maximum Gasteiger partial charge on any atom is 0.407 e. The lowest BCUT2D eigenvalue weighted by atomic mass is 10.3. The average Bonchev–Trinajstić information content (AvgIpc) is 2.91. The van der Waals surface area contributed by atoms with Crippen molar-refractivity contribution in [1.82, 2.24) is 24.4 Å². The molecule has 10 heteroatoms. The molecule has 2 aromatic rings. The number of amides is 1. The first-order valence-electron chi connectivity index (χ1n) is 7.36. The van der Waals surface area contributed by atoms with Crippen molar-refractivity contribution in [2.75, 3.05) is 31.1 Å². The van der Waals surface area contributed by atoms with Crippen LogP contribution in [-0.2, 0) is 6.54 Å². The first-order chi connectivity index (χ1) is 11.5. The number of carboxylic acid groups (broad SMARTS) is 1. The fraction of sp³-hybridized carbons (Fsp3) is 0.429. The van der Waals surface area contributed by atoms with Gasteiger partial charge in [0.1, 0.15) is 0 Å². The maximum absolute atomic E-state index is 12.1. The van der Waals surface area contributed by atoms with E-state index in [9.17, 15) is 14.4 Å². The molecule has 0 spiro atoms. The Balaban J connectivity index is 2.05. The van der Waals surface area contributed by atoms with Crippen LogP contribution in [0, 0.1) is 11.8 Å². The monoisotopic (exact) mass is 332 g/mol. The first kappa shape index (κ1) is 15.7. The summed E-state index contributed by atoms with van der Waals surface area (Å²) in [4.78, 5) is 46.9. The minimum absolute atomic E-state index is 0.192. The number of rotatable bonds is 2. The zero-order chi connectivity index (χ0) is 17.3.